The molecule has 0 bridgehead atoms. The van der Waals surface area contributed by atoms with E-state index in [1.807, 2.05) is 48.5 Å². The number of ether oxygens (including phenoxy) is 1. The third kappa shape index (κ3) is 6.58. The molecule has 0 saturated carbocycles. The number of carbonyl (C=O) groups excluding carboxylic acids is 1. The van der Waals surface area contributed by atoms with Crippen LogP contribution >= 0.6 is 11.9 Å². The van der Waals surface area contributed by atoms with Crippen LogP contribution in [0.3, 0.4) is 0 Å². The molecule has 0 spiro atoms. The van der Waals surface area contributed by atoms with E-state index in [-0.39, 0.29) is 0 Å². The highest BCUT2D eigenvalue weighted by Crippen LogP contribution is 2.27. The van der Waals surface area contributed by atoms with Gasteiger partial charge in [0, 0.05) is 34.8 Å². The molecule has 0 heterocycles. The molecule has 27 heavy (non-hydrogen) atoms. The topological polar surface area (TPSA) is 76.7 Å². The number of anilines is 1. The highest BCUT2D eigenvalue weighted by Gasteiger charge is 2.13. The van der Waals surface area contributed by atoms with Crippen LogP contribution in [-0.4, -0.2) is 25.3 Å². The fraction of sp³-hybridized carbons (Fsp3) is 0.238. The maximum Gasteiger partial charge on any atom is 0.143 e. The van der Waals surface area contributed by atoms with Gasteiger partial charge in [0.2, 0.25) is 0 Å². The van der Waals surface area contributed by atoms with Gasteiger partial charge >= 0.3 is 0 Å². The molecule has 2 aromatic rings. The van der Waals surface area contributed by atoms with Crippen LogP contribution in [0.2, 0.25) is 0 Å². The molecule has 0 amide bonds. The summed E-state index contributed by atoms with van der Waals surface area (Å²) in [7, 11) is 0. The molecular weight excluding hydrogens is 358 g/mol. The third-order valence-electron chi connectivity index (χ3n) is 3.53. The molecule has 0 aromatic heterocycles. The number of aldehydes is 1. The van der Waals surface area contributed by atoms with E-state index in [4.69, 9.17) is 10.5 Å². The molecular formula is C21H25N3O2S. The average molecular weight is 384 g/mol. The molecule has 142 valence electrons. The predicted octanol–water partition coefficient (Wildman–Crippen LogP) is 4.25. The van der Waals surface area contributed by atoms with Gasteiger partial charge < -0.3 is 15.8 Å². The Balaban J connectivity index is 2.43. The van der Waals surface area contributed by atoms with Crippen molar-refractivity contribution in [2.75, 3.05) is 18.6 Å². The van der Waals surface area contributed by atoms with Gasteiger partial charge in [-0.25, -0.2) is 4.40 Å². The summed E-state index contributed by atoms with van der Waals surface area (Å²) in [5.41, 5.74) is 9.26. The summed E-state index contributed by atoms with van der Waals surface area (Å²) >= 11 is 1.21. The molecule has 6 heteroatoms. The fourth-order valence-corrected chi connectivity index (χ4v) is 2.85. The summed E-state index contributed by atoms with van der Waals surface area (Å²) in [6.07, 6.45) is 2.14. The van der Waals surface area contributed by atoms with Gasteiger partial charge in [-0.3, -0.25) is 4.79 Å². The lowest BCUT2D eigenvalue weighted by Gasteiger charge is -2.16. The Bertz CT molecular complexity index is 789. The molecule has 0 radical (unpaired) electrons. The maximum absolute atomic E-state index is 10.5. The SMILES string of the molecule is CC(C)COc1ccc(/C(=N\S/C=C/C=O)c2ccccc2)c(NCN)c1. The van der Waals surface area contributed by atoms with Crippen molar-refractivity contribution < 1.29 is 9.53 Å². The van der Waals surface area contributed by atoms with Crippen molar-refractivity contribution in [3.8, 4) is 5.75 Å². The summed E-state index contributed by atoms with van der Waals surface area (Å²) in [4.78, 5) is 10.5. The standard InChI is InChI=1S/C21H25N3O2S/c1-16(2)14-26-18-9-10-19(20(13-18)23-15-22)21(24-27-12-6-11-25)17-7-4-3-5-8-17/h3-13,16,23H,14-15,22H2,1-2H3/b12-6+,24-21-. The van der Waals surface area contributed by atoms with E-state index in [9.17, 15) is 4.79 Å². The van der Waals surface area contributed by atoms with Crippen LogP contribution in [0.15, 0.2) is 64.4 Å². The number of hydrogen-bond donors (Lipinski definition) is 2. The molecule has 0 atom stereocenters. The zero-order valence-corrected chi connectivity index (χ0v) is 16.4. The Morgan fingerprint density at radius 1 is 1.26 bits per heavy atom. The largest absolute Gasteiger partial charge is 0.493 e. The minimum absolute atomic E-state index is 0.293. The van der Waals surface area contributed by atoms with E-state index in [0.717, 1.165) is 34.6 Å². The first-order valence-electron chi connectivity index (χ1n) is 8.76. The van der Waals surface area contributed by atoms with Crippen LogP contribution < -0.4 is 15.8 Å². The maximum atomic E-state index is 10.5. The Labute approximate surface area is 164 Å². The van der Waals surface area contributed by atoms with E-state index in [2.05, 4.69) is 23.6 Å². The first kappa shape index (κ1) is 20.7. The van der Waals surface area contributed by atoms with Gasteiger partial charge in [0.1, 0.15) is 12.0 Å². The third-order valence-corrected chi connectivity index (χ3v) is 4.10. The van der Waals surface area contributed by atoms with E-state index in [0.29, 0.717) is 19.2 Å². The van der Waals surface area contributed by atoms with Gasteiger partial charge in [-0.15, -0.1) is 0 Å². The molecule has 2 rings (SSSR count). The smallest absolute Gasteiger partial charge is 0.143 e. The molecule has 0 aliphatic heterocycles. The van der Waals surface area contributed by atoms with Crippen LogP contribution in [-0.2, 0) is 4.79 Å². The van der Waals surface area contributed by atoms with Crippen LogP contribution in [0, 0.1) is 5.92 Å². The van der Waals surface area contributed by atoms with Crippen LogP contribution in [0.1, 0.15) is 25.0 Å². The first-order valence-corrected chi connectivity index (χ1v) is 9.60. The highest BCUT2D eigenvalue weighted by molar-refractivity contribution is 8.01. The van der Waals surface area contributed by atoms with Gasteiger partial charge in [-0.2, -0.15) is 0 Å². The number of nitrogens with two attached hydrogens (primary N) is 1. The van der Waals surface area contributed by atoms with Crippen molar-refractivity contribution in [3.63, 3.8) is 0 Å². The summed E-state index contributed by atoms with van der Waals surface area (Å²) in [6, 6.07) is 15.7. The number of allylic oxidation sites excluding steroid dienone is 1. The second-order valence-corrected chi connectivity index (χ2v) is 6.83. The van der Waals surface area contributed by atoms with Crippen molar-refractivity contribution in [2.45, 2.75) is 13.8 Å². The van der Waals surface area contributed by atoms with Gasteiger partial charge in [0.15, 0.2) is 0 Å². The summed E-state index contributed by atoms with van der Waals surface area (Å²) in [5.74, 6) is 1.22. The van der Waals surface area contributed by atoms with Crippen LogP contribution in [0.5, 0.6) is 5.75 Å². The monoisotopic (exact) mass is 383 g/mol. The lowest BCUT2D eigenvalue weighted by molar-refractivity contribution is -0.104. The fourth-order valence-electron chi connectivity index (χ4n) is 2.34. The molecule has 3 N–H and O–H groups in total. The summed E-state index contributed by atoms with van der Waals surface area (Å²) in [5, 5.41) is 4.83. The zero-order valence-electron chi connectivity index (χ0n) is 15.6. The zero-order chi connectivity index (χ0) is 19.5. The molecule has 5 nitrogen and oxygen atoms in total. The Morgan fingerprint density at radius 2 is 2.04 bits per heavy atom. The molecule has 0 unspecified atom stereocenters. The molecule has 0 aliphatic carbocycles. The van der Waals surface area contributed by atoms with Gasteiger partial charge in [0.25, 0.3) is 0 Å². The van der Waals surface area contributed by atoms with Gasteiger partial charge in [0.05, 0.1) is 19.0 Å². The van der Waals surface area contributed by atoms with Crippen molar-refractivity contribution in [1.29, 1.82) is 0 Å². The van der Waals surface area contributed by atoms with Gasteiger partial charge in [-0.1, -0.05) is 44.2 Å². The Hall–Kier alpha value is -2.57. The number of hydrogen-bond acceptors (Lipinski definition) is 6. The minimum atomic E-state index is 0.293. The predicted molar refractivity (Wildman–Crippen MR) is 114 cm³/mol. The lowest BCUT2D eigenvalue weighted by Crippen LogP contribution is -2.15. The minimum Gasteiger partial charge on any atom is -0.493 e. The molecule has 2 aromatic carbocycles. The van der Waals surface area contributed by atoms with Crippen LogP contribution in [0.4, 0.5) is 5.69 Å². The second-order valence-electron chi connectivity index (χ2n) is 6.17. The summed E-state index contributed by atoms with van der Waals surface area (Å²) in [6.45, 7) is 5.16. The van der Waals surface area contributed by atoms with E-state index < -0.39 is 0 Å². The second kappa shape index (κ2) is 11.2. The first-order chi connectivity index (χ1) is 13.2. The van der Waals surface area contributed by atoms with E-state index in [1.54, 1.807) is 5.41 Å². The molecule has 0 aliphatic rings. The highest BCUT2D eigenvalue weighted by atomic mass is 32.2. The normalized spacial score (nSPS) is 11.8. The summed E-state index contributed by atoms with van der Waals surface area (Å²) < 4.78 is 10.4. The lowest BCUT2D eigenvalue weighted by atomic mass is 10.0. The number of carbonyl (C=O) groups is 1. The number of nitrogens with zero attached hydrogens (tertiary/aromatic N) is 1. The number of benzene rings is 2. The van der Waals surface area contributed by atoms with Crippen molar-refractivity contribution in [2.24, 2.45) is 16.0 Å². The van der Waals surface area contributed by atoms with E-state index in [1.165, 1.54) is 18.0 Å². The van der Waals surface area contributed by atoms with Crippen molar-refractivity contribution in [3.05, 3.63) is 71.1 Å². The molecule has 0 fully saturated rings. The number of nitrogens with one attached hydrogen (secondary N) is 1. The Morgan fingerprint density at radius 3 is 2.70 bits per heavy atom. The quantitative estimate of drug-likeness (QED) is 0.211. The average Bonchev–Trinajstić information content (AvgIpc) is 2.68. The Kier molecular flexibility index (Phi) is 8.61. The van der Waals surface area contributed by atoms with Crippen molar-refractivity contribution >= 4 is 29.6 Å². The van der Waals surface area contributed by atoms with Crippen molar-refractivity contribution in [1.82, 2.24) is 0 Å². The van der Waals surface area contributed by atoms with Crippen LogP contribution in [0.25, 0.3) is 0 Å². The number of rotatable bonds is 10. The van der Waals surface area contributed by atoms with E-state index >= 15 is 0 Å². The van der Waals surface area contributed by atoms with Gasteiger partial charge in [-0.05, 0) is 29.5 Å². The molecule has 0 saturated heterocycles.